The van der Waals surface area contributed by atoms with E-state index in [0.29, 0.717) is 28.0 Å². The molecule has 0 aliphatic rings. The summed E-state index contributed by atoms with van der Waals surface area (Å²) in [5.41, 5.74) is 6.81. The number of nitrogens with one attached hydrogen (secondary N) is 1. The van der Waals surface area contributed by atoms with Crippen molar-refractivity contribution in [1.82, 2.24) is 4.98 Å². The Bertz CT molecular complexity index is 613. The van der Waals surface area contributed by atoms with E-state index in [1.807, 2.05) is 0 Å². The van der Waals surface area contributed by atoms with Gasteiger partial charge in [-0.2, -0.15) is 0 Å². The van der Waals surface area contributed by atoms with E-state index < -0.39 is 0 Å². The molecule has 0 bridgehead atoms. The summed E-state index contributed by atoms with van der Waals surface area (Å²) in [7, 11) is 3.10. The molecule has 0 radical (unpaired) electrons. The van der Waals surface area contributed by atoms with E-state index in [4.69, 9.17) is 15.2 Å². The molecule has 3 N–H and O–H groups in total. The summed E-state index contributed by atoms with van der Waals surface area (Å²) >= 11 is 1.31. The number of methoxy groups -OCH3 is 2. The van der Waals surface area contributed by atoms with Crippen LogP contribution in [0.2, 0.25) is 0 Å². The number of ether oxygens (including phenoxy) is 2. The minimum atomic E-state index is -0.164. The van der Waals surface area contributed by atoms with Gasteiger partial charge in [-0.05, 0) is 12.1 Å². The molecule has 0 spiro atoms. The highest BCUT2D eigenvalue weighted by atomic mass is 32.1. The molecule has 0 unspecified atom stereocenters. The smallest absolute Gasteiger partial charge is 0.230 e. The van der Waals surface area contributed by atoms with E-state index in [-0.39, 0.29) is 12.3 Å². The quantitative estimate of drug-likeness (QED) is 0.879. The Labute approximate surface area is 120 Å². The van der Waals surface area contributed by atoms with Crippen molar-refractivity contribution in [2.24, 2.45) is 0 Å². The van der Waals surface area contributed by atoms with Crippen LogP contribution in [0, 0.1) is 0 Å². The molecule has 1 heterocycles. The molecule has 106 valence electrons. The number of nitrogen functional groups attached to an aromatic ring is 1. The van der Waals surface area contributed by atoms with Gasteiger partial charge in [-0.25, -0.2) is 4.98 Å². The first kappa shape index (κ1) is 14.1. The van der Waals surface area contributed by atoms with Gasteiger partial charge in [0.05, 0.1) is 26.3 Å². The second-order valence-electron chi connectivity index (χ2n) is 3.97. The van der Waals surface area contributed by atoms with Crippen molar-refractivity contribution < 1.29 is 14.3 Å². The van der Waals surface area contributed by atoms with Gasteiger partial charge < -0.3 is 20.5 Å². The number of hydrogen-bond donors (Lipinski definition) is 2. The molecule has 1 aromatic carbocycles. The maximum atomic E-state index is 11.9. The summed E-state index contributed by atoms with van der Waals surface area (Å²) in [6, 6.07) is 5.18. The molecule has 1 amide bonds. The number of rotatable bonds is 5. The maximum Gasteiger partial charge on any atom is 0.230 e. The predicted octanol–water partition coefficient (Wildman–Crippen LogP) is 1.92. The lowest BCUT2D eigenvalue weighted by Gasteiger charge is -2.10. The largest absolute Gasteiger partial charge is 0.493 e. The van der Waals surface area contributed by atoms with E-state index in [1.165, 1.54) is 11.3 Å². The Morgan fingerprint density at radius 3 is 2.70 bits per heavy atom. The van der Waals surface area contributed by atoms with E-state index in [9.17, 15) is 4.79 Å². The summed E-state index contributed by atoms with van der Waals surface area (Å²) in [5.74, 6) is 1.00. The highest BCUT2D eigenvalue weighted by Crippen LogP contribution is 2.29. The SMILES string of the molecule is COc1ccc(NC(=O)Cc2csc(N)n2)cc1OC. The summed E-state index contributed by atoms with van der Waals surface area (Å²) in [6.45, 7) is 0. The lowest BCUT2D eigenvalue weighted by molar-refractivity contribution is -0.115. The Hall–Kier alpha value is -2.28. The number of anilines is 2. The Morgan fingerprint density at radius 2 is 2.10 bits per heavy atom. The van der Waals surface area contributed by atoms with Crippen molar-refractivity contribution in [3.8, 4) is 11.5 Å². The number of carbonyl (C=O) groups excluding carboxylic acids is 1. The fourth-order valence-corrected chi connectivity index (χ4v) is 2.25. The van der Waals surface area contributed by atoms with Crippen molar-refractivity contribution in [1.29, 1.82) is 0 Å². The van der Waals surface area contributed by atoms with Gasteiger partial charge in [0.1, 0.15) is 0 Å². The minimum absolute atomic E-state index is 0.164. The Kier molecular flexibility index (Phi) is 4.41. The van der Waals surface area contributed by atoms with Crippen LogP contribution in [0.1, 0.15) is 5.69 Å². The van der Waals surface area contributed by atoms with Crippen LogP contribution in [0.25, 0.3) is 0 Å². The normalized spacial score (nSPS) is 10.1. The number of benzene rings is 1. The fourth-order valence-electron chi connectivity index (χ4n) is 1.69. The van der Waals surface area contributed by atoms with Gasteiger partial charge in [0.15, 0.2) is 16.6 Å². The van der Waals surface area contributed by atoms with E-state index in [1.54, 1.807) is 37.8 Å². The number of thiazole rings is 1. The molecule has 0 atom stereocenters. The average Bonchev–Trinajstić information content (AvgIpc) is 2.83. The third-order valence-corrected chi connectivity index (χ3v) is 3.30. The number of hydrogen-bond acceptors (Lipinski definition) is 6. The molecule has 7 heteroatoms. The van der Waals surface area contributed by atoms with Crippen LogP contribution in [0.3, 0.4) is 0 Å². The van der Waals surface area contributed by atoms with E-state index in [0.717, 1.165) is 0 Å². The van der Waals surface area contributed by atoms with Crippen LogP contribution in [0.15, 0.2) is 23.6 Å². The zero-order valence-electron chi connectivity index (χ0n) is 11.2. The molecule has 2 rings (SSSR count). The maximum absolute atomic E-state index is 11.9. The topological polar surface area (TPSA) is 86.5 Å². The summed E-state index contributed by atoms with van der Waals surface area (Å²) < 4.78 is 10.3. The molecule has 0 saturated heterocycles. The summed E-state index contributed by atoms with van der Waals surface area (Å²) in [6.07, 6.45) is 0.183. The molecule has 0 aliphatic carbocycles. The minimum Gasteiger partial charge on any atom is -0.493 e. The number of nitrogens with two attached hydrogens (primary N) is 1. The zero-order valence-corrected chi connectivity index (χ0v) is 12.0. The molecule has 2 aromatic rings. The highest BCUT2D eigenvalue weighted by molar-refractivity contribution is 7.13. The fraction of sp³-hybridized carbons (Fsp3) is 0.231. The number of aromatic nitrogens is 1. The lowest BCUT2D eigenvalue weighted by atomic mass is 10.2. The van der Waals surface area contributed by atoms with Crippen LogP contribution in [-0.4, -0.2) is 25.1 Å². The first-order valence-electron chi connectivity index (χ1n) is 5.84. The molecule has 6 nitrogen and oxygen atoms in total. The monoisotopic (exact) mass is 293 g/mol. The van der Waals surface area contributed by atoms with Gasteiger partial charge in [0.25, 0.3) is 0 Å². The van der Waals surface area contributed by atoms with E-state index >= 15 is 0 Å². The van der Waals surface area contributed by atoms with Crippen molar-refractivity contribution in [3.63, 3.8) is 0 Å². The molecular weight excluding hydrogens is 278 g/mol. The van der Waals surface area contributed by atoms with Crippen LogP contribution >= 0.6 is 11.3 Å². The molecular formula is C13H15N3O3S. The van der Waals surface area contributed by atoms with Gasteiger partial charge in [-0.3, -0.25) is 4.79 Å². The highest BCUT2D eigenvalue weighted by Gasteiger charge is 2.09. The van der Waals surface area contributed by atoms with Crippen molar-refractivity contribution >= 4 is 28.1 Å². The lowest BCUT2D eigenvalue weighted by Crippen LogP contribution is -2.14. The van der Waals surface area contributed by atoms with Crippen molar-refractivity contribution in [2.75, 3.05) is 25.3 Å². The van der Waals surface area contributed by atoms with Crippen molar-refractivity contribution in [3.05, 3.63) is 29.3 Å². The molecule has 0 aliphatic heterocycles. The summed E-state index contributed by atoms with van der Waals surface area (Å²) in [4.78, 5) is 15.9. The standard InChI is InChI=1S/C13H15N3O3S/c1-18-10-4-3-8(5-11(10)19-2)15-12(17)6-9-7-20-13(14)16-9/h3-5,7H,6H2,1-2H3,(H2,14,16)(H,15,17). The molecule has 0 saturated carbocycles. The number of carbonyl (C=O) groups is 1. The van der Waals surface area contributed by atoms with Crippen molar-refractivity contribution in [2.45, 2.75) is 6.42 Å². The van der Waals surface area contributed by atoms with Gasteiger partial charge in [0.2, 0.25) is 5.91 Å². The predicted molar refractivity (Wildman–Crippen MR) is 78.4 cm³/mol. The molecule has 0 fully saturated rings. The first-order valence-corrected chi connectivity index (χ1v) is 6.72. The Balaban J connectivity index is 2.04. The third-order valence-electron chi connectivity index (χ3n) is 2.58. The average molecular weight is 293 g/mol. The van der Waals surface area contributed by atoms with E-state index in [2.05, 4.69) is 10.3 Å². The zero-order chi connectivity index (χ0) is 14.5. The van der Waals surface area contributed by atoms with Gasteiger partial charge in [-0.1, -0.05) is 0 Å². The molecule has 1 aromatic heterocycles. The van der Waals surface area contributed by atoms with Crippen LogP contribution in [-0.2, 0) is 11.2 Å². The van der Waals surface area contributed by atoms with Crippen LogP contribution < -0.4 is 20.5 Å². The summed E-state index contributed by atoms with van der Waals surface area (Å²) in [5, 5.41) is 5.00. The molecule has 20 heavy (non-hydrogen) atoms. The second-order valence-corrected chi connectivity index (χ2v) is 4.86. The third kappa shape index (κ3) is 3.39. The Morgan fingerprint density at radius 1 is 1.35 bits per heavy atom. The van der Waals surface area contributed by atoms with Gasteiger partial charge in [-0.15, -0.1) is 11.3 Å². The van der Waals surface area contributed by atoms with Crippen LogP contribution in [0.4, 0.5) is 10.8 Å². The first-order chi connectivity index (χ1) is 9.62. The van der Waals surface area contributed by atoms with Gasteiger partial charge >= 0.3 is 0 Å². The van der Waals surface area contributed by atoms with Gasteiger partial charge in [0, 0.05) is 17.1 Å². The second kappa shape index (κ2) is 6.25. The van der Waals surface area contributed by atoms with Crippen LogP contribution in [0.5, 0.6) is 11.5 Å². The number of nitrogens with zero attached hydrogens (tertiary/aromatic N) is 1. The number of amides is 1.